The highest BCUT2D eigenvalue weighted by Crippen LogP contribution is 2.30. The van der Waals surface area contributed by atoms with Crippen molar-refractivity contribution in [1.29, 1.82) is 0 Å². The van der Waals surface area contributed by atoms with E-state index in [1.54, 1.807) is 0 Å². The molecule has 3 amide bonds. The number of rotatable bonds is 4. The summed E-state index contributed by atoms with van der Waals surface area (Å²) in [6.07, 6.45) is 1.84. The van der Waals surface area contributed by atoms with E-state index in [0.717, 1.165) is 11.0 Å². The van der Waals surface area contributed by atoms with E-state index >= 15 is 0 Å². The molecule has 84 valence electrons. The normalized spacial score (nSPS) is 23.5. The van der Waals surface area contributed by atoms with Crippen molar-refractivity contribution in [3.05, 3.63) is 0 Å². The molecule has 3 unspecified atom stereocenters. The molecule has 1 aliphatic heterocycles. The standard InChI is InChI=1S/C8H14N2O3P2/c1-5(3-2-4-11)6-7(12)10(15)8(13)9(6)14/h4-6H,2-3,14-15H2,1H3/t5?,6-/m0/s1. The molecule has 0 aromatic carbocycles. The quantitative estimate of drug-likeness (QED) is 0.420. The minimum atomic E-state index is -0.472. The summed E-state index contributed by atoms with van der Waals surface area (Å²) in [5.41, 5.74) is 0. The molecule has 1 aliphatic rings. The summed E-state index contributed by atoms with van der Waals surface area (Å²) in [6.45, 7) is 1.86. The molecule has 1 fully saturated rings. The lowest BCUT2D eigenvalue weighted by atomic mass is 9.97. The second kappa shape index (κ2) is 5.00. The van der Waals surface area contributed by atoms with Gasteiger partial charge in [-0.2, -0.15) is 0 Å². The molecule has 0 spiro atoms. The maximum atomic E-state index is 11.7. The van der Waals surface area contributed by atoms with Gasteiger partial charge in [-0.05, 0) is 31.1 Å². The Hall–Kier alpha value is -0.530. The third-order valence-electron chi connectivity index (χ3n) is 2.50. The van der Waals surface area contributed by atoms with Crippen LogP contribution in [-0.4, -0.2) is 33.6 Å². The summed E-state index contributed by atoms with van der Waals surface area (Å²) < 4.78 is 2.36. The van der Waals surface area contributed by atoms with Crippen molar-refractivity contribution >= 4 is 37.0 Å². The van der Waals surface area contributed by atoms with Gasteiger partial charge in [-0.3, -0.25) is 9.46 Å². The summed E-state index contributed by atoms with van der Waals surface area (Å²) in [5.74, 6) is -0.256. The zero-order valence-electron chi connectivity index (χ0n) is 8.42. The highest BCUT2D eigenvalue weighted by atomic mass is 31.0. The molecule has 0 bridgehead atoms. The Bertz CT molecular complexity index is 298. The Morgan fingerprint density at radius 2 is 2.07 bits per heavy atom. The predicted octanol–water partition coefficient (Wildman–Crippen LogP) is 0.815. The predicted molar refractivity (Wildman–Crippen MR) is 61.8 cm³/mol. The maximum Gasteiger partial charge on any atom is 0.333 e. The maximum absolute atomic E-state index is 11.7. The minimum absolute atomic E-state index is 0.0188. The van der Waals surface area contributed by atoms with Crippen molar-refractivity contribution in [1.82, 2.24) is 9.34 Å². The average Bonchev–Trinajstić information content (AvgIpc) is 2.40. The molecule has 1 saturated heterocycles. The molecule has 0 aliphatic carbocycles. The molecule has 0 N–H and O–H groups in total. The van der Waals surface area contributed by atoms with E-state index in [2.05, 4.69) is 18.8 Å². The first-order valence-electron chi connectivity index (χ1n) is 4.61. The van der Waals surface area contributed by atoms with E-state index in [-0.39, 0.29) is 17.9 Å². The zero-order chi connectivity index (χ0) is 11.6. The van der Waals surface area contributed by atoms with Gasteiger partial charge >= 0.3 is 6.03 Å². The van der Waals surface area contributed by atoms with Crippen LogP contribution in [0.25, 0.3) is 0 Å². The molecule has 1 rings (SSSR count). The molecule has 0 radical (unpaired) electrons. The monoisotopic (exact) mass is 248 g/mol. The second-order valence-corrected chi connectivity index (χ2v) is 4.64. The summed E-state index contributed by atoms with van der Waals surface area (Å²) >= 11 is 0. The zero-order valence-corrected chi connectivity index (χ0v) is 10.7. The first-order valence-corrected chi connectivity index (χ1v) is 5.64. The third-order valence-corrected chi connectivity index (χ3v) is 3.51. The van der Waals surface area contributed by atoms with Gasteiger partial charge in [-0.1, -0.05) is 6.92 Å². The smallest absolute Gasteiger partial charge is 0.303 e. The summed E-state index contributed by atoms with van der Waals surface area (Å²) in [7, 11) is 4.35. The highest BCUT2D eigenvalue weighted by Gasteiger charge is 2.43. The molecular weight excluding hydrogens is 234 g/mol. The Labute approximate surface area is 93.1 Å². The molecule has 4 atom stereocenters. The Balaban J connectivity index is 2.73. The molecule has 1 heterocycles. The van der Waals surface area contributed by atoms with E-state index in [1.807, 2.05) is 6.92 Å². The largest absolute Gasteiger partial charge is 0.333 e. The van der Waals surface area contributed by atoms with Crippen LogP contribution < -0.4 is 0 Å². The SMILES string of the molecule is CC(CCC=O)[C@H]1C(=O)N(P)C(=O)N1P. The number of urea groups is 1. The van der Waals surface area contributed by atoms with Gasteiger partial charge in [0.05, 0.1) is 0 Å². The number of hydrogen-bond acceptors (Lipinski definition) is 3. The number of imide groups is 1. The number of hydrogen-bond donors (Lipinski definition) is 0. The number of carbonyl (C=O) groups is 3. The van der Waals surface area contributed by atoms with Crippen molar-refractivity contribution in [3.8, 4) is 0 Å². The lowest BCUT2D eigenvalue weighted by Gasteiger charge is -2.21. The molecule has 0 saturated carbocycles. The van der Waals surface area contributed by atoms with E-state index in [9.17, 15) is 14.4 Å². The van der Waals surface area contributed by atoms with Crippen LogP contribution >= 0.6 is 18.8 Å². The minimum Gasteiger partial charge on any atom is -0.303 e. The Kier molecular flexibility index (Phi) is 4.18. The van der Waals surface area contributed by atoms with Crippen LogP contribution in [-0.2, 0) is 9.59 Å². The molecule has 5 nitrogen and oxygen atoms in total. The lowest BCUT2D eigenvalue weighted by molar-refractivity contribution is -0.125. The fourth-order valence-corrected chi connectivity index (χ4v) is 2.57. The summed E-state index contributed by atoms with van der Waals surface area (Å²) in [4.78, 5) is 33.3. The second-order valence-electron chi connectivity index (χ2n) is 3.56. The number of amides is 3. The fraction of sp³-hybridized carbons (Fsp3) is 0.625. The average molecular weight is 248 g/mol. The van der Waals surface area contributed by atoms with E-state index < -0.39 is 6.04 Å². The van der Waals surface area contributed by atoms with E-state index in [4.69, 9.17) is 0 Å². The van der Waals surface area contributed by atoms with Crippen LogP contribution in [0.15, 0.2) is 0 Å². The first-order chi connectivity index (χ1) is 7.00. The van der Waals surface area contributed by atoms with Crippen molar-refractivity contribution in [2.45, 2.75) is 25.8 Å². The van der Waals surface area contributed by atoms with Gasteiger partial charge < -0.3 is 4.79 Å². The lowest BCUT2D eigenvalue weighted by Crippen LogP contribution is -2.33. The first kappa shape index (κ1) is 12.5. The van der Waals surface area contributed by atoms with Crippen molar-refractivity contribution < 1.29 is 14.4 Å². The number of nitrogens with zero attached hydrogens (tertiary/aromatic N) is 2. The van der Waals surface area contributed by atoms with Crippen LogP contribution in [0.2, 0.25) is 0 Å². The van der Waals surface area contributed by atoms with Crippen LogP contribution in [0.1, 0.15) is 19.8 Å². The molecular formula is C8H14N2O3P2. The third kappa shape index (κ3) is 2.35. The van der Waals surface area contributed by atoms with Crippen LogP contribution in [0.3, 0.4) is 0 Å². The van der Waals surface area contributed by atoms with Crippen LogP contribution in [0.4, 0.5) is 4.79 Å². The Morgan fingerprint density at radius 1 is 1.47 bits per heavy atom. The van der Waals surface area contributed by atoms with Crippen LogP contribution in [0, 0.1) is 5.92 Å². The van der Waals surface area contributed by atoms with E-state index in [1.165, 1.54) is 4.67 Å². The molecule has 15 heavy (non-hydrogen) atoms. The van der Waals surface area contributed by atoms with Crippen molar-refractivity contribution in [2.75, 3.05) is 0 Å². The number of carbonyl (C=O) groups excluding carboxylic acids is 3. The van der Waals surface area contributed by atoms with Gasteiger partial charge in [0.2, 0.25) is 0 Å². The summed E-state index contributed by atoms with van der Waals surface area (Å²) in [5, 5.41) is 0. The van der Waals surface area contributed by atoms with Crippen molar-refractivity contribution in [2.24, 2.45) is 5.92 Å². The van der Waals surface area contributed by atoms with Gasteiger partial charge in [0, 0.05) is 6.42 Å². The molecule has 0 aromatic heterocycles. The van der Waals surface area contributed by atoms with Crippen molar-refractivity contribution in [3.63, 3.8) is 0 Å². The van der Waals surface area contributed by atoms with Gasteiger partial charge in [-0.25, -0.2) is 9.46 Å². The number of aldehydes is 1. The topological polar surface area (TPSA) is 57.7 Å². The van der Waals surface area contributed by atoms with Gasteiger partial charge in [-0.15, -0.1) is 0 Å². The highest BCUT2D eigenvalue weighted by molar-refractivity contribution is 7.18. The van der Waals surface area contributed by atoms with Gasteiger partial charge in [0.15, 0.2) is 0 Å². The van der Waals surface area contributed by atoms with E-state index in [0.29, 0.717) is 12.8 Å². The Morgan fingerprint density at radius 3 is 2.47 bits per heavy atom. The van der Waals surface area contributed by atoms with Gasteiger partial charge in [0.1, 0.15) is 12.3 Å². The van der Waals surface area contributed by atoms with Gasteiger partial charge in [0.25, 0.3) is 5.91 Å². The summed E-state index contributed by atoms with van der Waals surface area (Å²) in [6, 6.07) is -0.821. The molecule has 7 heteroatoms. The fourth-order valence-electron chi connectivity index (χ4n) is 1.61. The van der Waals surface area contributed by atoms with Crippen LogP contribution in [0.5, 0.6) is 0 Å². The molecule has 0 aromatic rings.